The highest BCUT2D eigenvalue weighted by molar-refractivity contribution is 5.46. The highest BCUT2D eigenvalue weighted by Crippen LogP contribution is 2.30. The summed E-state index contributed by atoms with van der Waals surface area (Å²) in [5.74, 6) is 1.51. The second-order valence-corrected chi connectivity index (χ2v) is 6.45. The molecule has 1 unspecified atom stereocenters. The first-order valence-electron chi connectivity index (χ1n) is 7.39. The van der Waals surface area contributed by atoms with Crippen molar-refractivity contribution in [1.82, 2.24) is 5.32 Å². The van der Waals surface area contributed by atoms with Gasteiger partial charge in [0.25, 0.3) is 0 Å². The minimum Gasteiger partial charge on any atom is -0.493 e. The van der Waals surface area contributed by atoms with E-state index in [4.69, 9.17) is 9.47 Å². The molecule has 0 saturated carbocycles. The van der Waals surface area contributed by atoms with Crippen LogP contribution in [0.25, 0.3) is 0 Å². The van der Waals surface area contributed by atoms with Gasteiger partial charge >= 0.3 is 0 Å². The topological polar surface area (TPSA) is 50.7 Å². The third-order valence-corrected chi connectivity index (χ3v) is 3.61. The summed E-state index contributed by atoms with van der Waals surface area (Å²) in [5, 5.41) is 13.0. The molecule has 1 aromatic carbocycles. The lowest BCUT2D eigenvalue weighted by Crippen LogP contribution is -2.31. The van der Waals surface area contributed by atoms with Gasteiger partial charge in [-0.25, -0.2) is 0 Å². The van der Waals surface area contributed by atoms with E-state index in [0.29, 0.717) is 0 Å². The van der Waals surface area contributed by atoms with Crippen LogP contribution in [0.15, 0.2) is 12.1 Å². The molecule has 0 bridgehead atoms. The van der Waals surface area contributed by atoms with Crippen LogP contribution >= 0.6 is 0 Å². The third kappa shape index (κ3) is 5.56. The molecular weight excluding hydrogens is 266 g/mol. The number of hydrogen-bond acceptors (Lipinski definition) is 4. The normalized spacial score (nSPS) is 13.1. The van der Waals surface area contributed by atoms with E-state index in [1.807, 2.05) is 19.1 Å². The maximum atomic E-state index is 9.52. The Kier molecular flexibility index (Phi) is 6.49. The Morgan fingerprint density at radius 1 is 1.19 bits per heavy atom. The van der Waals surface area contributed by atoms with Gasteiger partial charge in [0, 0.05) is 13.1 Å². The Morgan fingerprint density at radius 3 is 2.29 bits per heavy atom. The molecule has 2 N–H and O–H groups in total. The standard InChI is InChI=1S/C17H29NO3/c1-12-7-15(20-5)16(21-6)8-14(12)10-18-11-17(3,4)9-13(2)19/h7-8,13,18-19H,9-11H2,1-6H3. The smallest absolute Gasteiger partial charge is 0.161 e. The summed E-state index contributed by atoms with van der Waals surface area (Å²) in [6, 6.07) is 4.01. The van der Waals surface area contributed by atoms with Crippen molar-refractivity contribution in [1.29, 1.82) is 0 Å². The van der Waals surface area contributed by atoms with E-state index in [0.717, 1.165) is 31.0 Å². The molecule has 0 aliphatic heterocycles. The van der Waals surface area contributed by atoms with Gasteiger partial charge in [-0.3, -0.25) is 0 Å². The molecule has 4 heteroatoms. The lowest BCUT2D eigenvalue weighted by atomic mass is 9.87. The Morgan fingerprint density at radius 2 is 1.76 bits per heavy atom. The largest absolute Gasteiger partial charge is 0.493 e. The van der Waals surface area contributed by atoms with Crippen molar-refractivity contribution in [2.45, 2.75) is 46.8 Å². The molecule has 0 fully saturated rings. The molecule has 1 atom stereocenters. The van der Waals surface area contributed by atoms with E-state index >= 15 is 0 Å². The van der Waals surface area contributed by atoms with E-state index in [9.17, 15) is 5.11 Å². The number of ether oxygens (including phenoxy) is 2. The zero-order valence-electron chi connectivity index (χ0n) is 14.1. The molecule has 0 saturated heterocycles. The molecule has 1 rings (SSSR count). The van der Waals surface area contributed by atoms with Crippen molar-refractivity contribution < 1.29 is 14.6 Å². The average Bonchev–Trinajstić information content (AvgIpc) is 2.38. The fourth-order valence-corrected chi connectivity index (χ4v) is 2.62. The lowest BCUT2D eigenvalue weighted by molar-refractivity contribution is 0.128. The summed E-state index contributed by atoms with van der Waals surface area (Å²) in [6.45, 7) is 9.85. The van der Waals surface area contributed by atoms with Crippen LogP contribution in [-0.4, -0.2) is 32.0 Å². The predicted molar refractivity (Wildman–Crippen MR) is 86.1 cm³/mol. The first kappa shape index (κ1) is 17.8. The van der Waals surface area contributed by atoms with Crippen molar-refractivity contribution in [2.75, 3.05) is 20.8 Å². The van der Waals surface area contributed by atoms with Gasteiger partial charge in [0.2, 0.25) is 0 Å². The Balaban J connectivity index is 2.67. The molecule has 0 aromatic heterocycles. The van der Waals surface area contributed by atoms with Crippen molar-refractivity contribution >= 4 is 0 Å². The van der Waals surface area contributed by atoms with Crippen LogP contribution in [-0.2, 0) is 6.54 Å². The van der Waals surface area contributed by atoms with E-state index < -0.39 is 0 Å². The Hall–Kier alpha value is -1.26. The predicted octanol–water partition coefficient (Wildman–Crippen LogP) is 2.90. The molecule has 4 nitrogen and oxygen atoms in total. The van der Waals surface area contributed by atoms with Gasteiger partial charge in [-0.05, 0) is 48.9 Å². The number of aliphatic hydroxyl groups is 1. The van der Waals surface area contributed by atoms with Crippen molar-refractivity contribution in [3.8, 4) is 11.5 Å². The van der Waals surface area contributed by atoms with Crippen LogP contribution in [0.4, 0.5) is 0 Å². The number of aryl methyl sites for hydroxylation is 1. The molecule has 1 aromatic rings. The Labute approximate surface area is 128 Å². The minimum absolute atomic E-state index is 0.0681. The molecule has 0 heterocycles. The monoisotopic (exact) mass is 295 g/mol. The average molecular weight is 295 g/mol. The lowest BCUT2D eigenvalue weighted by Gasteiger charge is -2.26. The summed E-state index contributed by atoms with van der Waals surface area (Å²) in [4.78, 5) is 0. The van der Waals surface area contributed by atoms with Crippen LogP contribution in [0.1, 0.15) is 38.3 Å². The fourth-order valence-electron chi connectivity index (χ4n) is 2.62. The van der Waals surface area contributed by atoms with Crippen LogP contribution in [0.5, 0.6) is 11.5 Å². The second-order valence-electron chi connectivity index (χ2n) is 6.45. The van der Waals surface area contributed by atoms with Crippen molar-refractivity contribution in [3.05, 3.63) is 23.3 Å². The third-order valence-electron chi connectivity index (χ3n) is 3.61. The van der Waals surface area contributed by atoms with Gasteiger partial charge in [-0.2, -0.15) is 0 Å². The zero-order valence-corrected chi connectivity index (χ0v) is 14.1. The van der Waals surface area contributed by atoms with Gasteiger partial charge in [0.15, 0.2) is 11.5 Å². The van der Waals surface area contributed by atoms with Crippen LogP contribution < -0.4 is 14.8 Å². The number of benzene rings is 1. The summed E-state index contributed by atoms with van der Waals surface area (Å²) < 4.78 is 10.6. The van der Waals surface area contributed by atoms with Gasteiger partial charge in [0.1, 0.15) is 0 Å². The van der Waals surface area contributed by atoms with Gasteiger partial charge in [0.05, 0.1) is 20.3 Å². The summed E-state index contributed by atoms with van der Waals surface area (Å²) in [5.41, 5.74) is 2.44. The highest BCUT2D eigenvalue weighted by Gasteiger charge is 2.20. The maximum absolute atomic E-state index is 9.52. The molecule has 0 aliphatic rings. The molecule has 0 aliphatic carbocycles. The molecule has 21 heavy (non-hydrogen) atoms. The number of hydrogen-bond donors (Lipinski definition) is 2. The van der Waals surface area contributed by atoms with Gasteiger partial charge in [-0.15, -0.1) is 0 Å². The SMILES string of the molecule is COc1cc(C)c(CNCC(C)(C)CC(C)O)cc1OC. The number of aliphatic hydroxyl groups excluding tert-OH is 1. The zero-order chi connectivity index (χ0) is 16.0. The van der Waals surface area contributed by atoms with Crippen LogP contribution in [0, 0.1) is 12.3 Å². The first-order valence-corrected chi connectivity index (χ1v) is 7.39. The fraction of sp³-hybridized carbons (Fsp3) is 0.647. The van der Waals surface area contributed by atoms with E-state index in [2.05, 4.69) is 26.1 Å². The quantitative estimate of drug-likeness (QED) is 0.774. The molecule has 120 valence electrons. The van der Waals surface area contributed by atoms with Crippen molar-refractivity contribution in [2.24, 2.45) is 5.41 Å². The van der Waals surface area contributed by atoms with Gasteiger partial charge in [-0.1, -0.05) is 13.8 Å². The van der Waals surface area contributed by atoms with E-state index in [1.54, 1.807) is 14.2 Å². The summed E-state index contributed by atoms with van der Waals surface area (Å²) >= 11 is 0. The summed E-state index contributed by atoms with van der Waals surface area (Å²) in [7, 11) is 3.30. The minimum atomic E-state index is -0.274. The second kappa shape index (κ2) is 7.66. The van der Waals surface area contributed by atoms with E-state index in [1.165, 1.54) is 11.1 Å². The molecular formula is C17H29NO3. The van der Waals surface area contributed by atoms with E-state index in [-0.39, 0.29) is 11.5 Å². The number of nitrogens with one attached hydrogen (secondary N) is 1. The maximum Gasteiger partial charge on any atom is 0.161 e. The van der Waals surface area contributed by atoms with Gasteiger partial charge < -0.3 is 19.9 Å². The first-order chi connectivity index (χ1) is 9.79. The molecule has 0 amide bonds. The Bertz CT molecular complexity index is 456. The molecule has 0 radical (unpaired) electrons. The number of methoxy groups -OCH3 is 2. The highest BCUT2D eigenvalue weighted by atomic mass is 16.5. The van der Waals surface area contributed by atoms with Crippen LogP contribution in [0.2, 0.25) is 0 Å². The molecule has 0 spiro atoms. The summed E-state index contributed by atoms with van der Waals surface area (Å²) in [6.07, 6.45) is 0.509. The number of rotatable bonds is 8. The van der Waals surface area contributed by atoms with Crippen LogP contribution in [0.3, 0.4) is 0 Å². The van der Waals surface area contributed by atoms with Crippen molar-refractivity contribution in [3.63, 3.8) is 0 Å².